The first-order valence-electron chi connectivity index (χ1n) is 7.41. The first kappa shape index (κ1) is 13.8. The van der Waals surface area contributed by atoms with Gasteiger partial charge >= 0.3 is 0 Å². The smallest absolute Gasteiger partial charge is 0.272 e. The molecular formula is C16H20N4O. The van der Waals surface area contributed by atoms with Gasteiger partial charge in [0, 0.05) is 38.2 Å². The minimum Gasteiger partial charge on any atom is -0.337 e. The van der Waals surface area contributed by atoms with Crippen LogP contribution in [0, 0.1) is 5.92 Å². The third-order valence-electron chi connectivity index (χ3n) is 4.07. The maximum absolute atomic E-state index is 12.5. The SMILES string of the molecule is Cn1nccc1C(=O)N1CCC[C@@H](Cc2ccccn2)C1. The normalized spacial score (nSPS) is 18.7. The molecule has 2 aromatic heterocycles. The van der Waals surface area contributed by atoms with Crippen LogP contribution in [0.5, 0.6) is 0 Å². The van der Waals surface area contributed by atoms with Crippen LogP contribution in [0.3, 0.4) is 0 Å². The Morgan fingerprint density at radius 1 is 1.33 bits per heavy atom. The Bertz CT molecular complexity index is 608. The number of amides is 1. The van der Waals surface area contributed by atoms with E-state index in [0.717, 1.165) is 38.0 Å². The van der Waals surface area contributed by atoms with E-state index in [4.69, 9.17) is 0 Å². The van der Waals surface area contributed by atoms with Crippen LogP contribution in [-0.2, 0) is 13.5 Å². The van der Waals surface area contributed by atoms with Crippen molar-refractivity contribution in [1.82, 2.24) is 19.7 Å². The Morgan fingerprint density at radius 3 is 2.95 bits per heavy atom. The van der Waals surface area contributed by atoms with Crippen molar-refractivity contribution in [2.24, 2.45) is 13.0 Å². The second-order valence-corrected chi connectivity index (χ2v) is 5.62. The lowest BCUT2D eigenvalue weighted by Crippen LogP contribution is -2.41. The van der Waals surface area contributed by atoms with Gasteiger partial charge in [0.15, 0.2) is 0 Å². The molecule has 5 heteroatoms. The molecule has 1 aliphatic rings. The number of aryl methyl sites for hydroxylation is 1. The highest BCUT2D eigenvalue weighted by molar-refractivity contribution is 5.92. The van der Waals surface area contributed by atoms with Gasteiger partial charge in [-0.05, 0) is 43.4 Å². The average Bonchev–Trinajstić information content (AvgIpc) is 2.94. The van der Waals surface area contributed by atoms with Gasteiger partial charge in [-0.15, -0.1) is 0 Å². The fourth-order valence-electron chi connectivity index (χ4n) is 2.98. The standard InChI is InChI=1S/C16H20N4O/c1-19-15(7-9-18-19)16(21)20-10-4-5-13(12-20)11-14-6-2-3-8-17-14/h2-3,6-9,13H,4-5,10-12H2,1H3/t13-/m0/s1. The number of likely N-dealkylation sites (tertiary alicyclic amines) is 1. The van der Waals surface area contributed by atoms with E-state index >= 15 is 0 Å². The summed E-state index contributed by atoms with van der Waals surface area (Å²) in [6.07, 6.45) is 6.65. The fraction of sp³-hybridized carbons (Fsp3) is 0.438. The molecule has 1 aliphatic heterocycles. The molecule has 0 aromatic carbocycles. The minimum atomic E-state index is 0.0840. The van der Waals surface area contributed by atoms with Crippen molar-refractivity contribution >= 4 is 5.91 Å². The lowest BCUT2D eigenvalue weighted by atomic mass is 9.93. The molecule has 1 atom stereocenters. The van der Waals surface area contributed by atoms with Crippen LogP contribution in [0.2, 0.25) is 0 Å². The number of carbonyl (C=O) groups is 1. The van der Waals surface area contributed by atoms with Crippen LogP contribution in [0.15, 0.2) is 36.7 Å². The van der Waals surface area contributed by atoms with Gasteiger partial charge in [-0.1, -0.05) is 6.07 Å². The van der Waals surface area contributed by atoms with E-state index < -0.39 is 0 Å². The molecule has 0 aliphatic carbocycles. The van der Waals surface area contributed by atoms with Crippen molar-refractivity contribution in [3.8, 4) is 0 Å². The molecule has 0 spiro atoms. The second kappa shape index (κ2) is 6.08. The fourth-order valence-corrected chi connectivity index (χ4v) is 2.98. The van der Waals surface area contributed by atoms with E-state index in [9.17, 15) is 4.79 Å². The van der Waals surface area contributed by atoms with E-state index in [1.54, 1.807) is 16.9 Å². The molecule has 0 bridgehead atoms. The van der Waals surface area contributed by atoms with Gasteiger partial charge in [0.2, 0.25) is 0 Å². The van der Waals surface area contributed by atoms with Crippen LogP contribution in [0.4, 0.5) is 0 Å². The van der Waals surface area contributed by atoms with Crippen molar-refractivity contribution in [2.45, 2.75) is 19.3 Å². The maximum Gasteiger partial charge on any atom is 0.272 e. The second-order valence-electron chi connectivity index (χ2n) is 5.62. The molecule has 2 aromatic rings. The zero-order valence-corrected chi connectivity index (χ0v) is 12.3. The summed E-state index contributed by atoms with van der Waals surface area (Å²) in [5, 5.41) is 4.08. The highest BCUT2D eigenvalue weighted by Crippen LogP contribution is 2.21. The van der Waals surface area contributed by atoms with Crippen LogP contribution in [-0.4, -0.2) is 38.7 Å². The Labute approximate surface area is 124 Å². The number of piperidine rings is 1. The summed E-state index contributed by atoms with van der Waals surface area (Å²) in [7, 11) is 1.81. The summed E-state index contributed by atoms with van der Waals surface area (Å²) in [5.74, 6) is 0.576. The Morgan fingerprint density at radius 2 is 2.24 bits per heavy atom. The maximum atomic E-state index is 12.5. The van der Waals surface area contributed by atoms with Gasteiger partial charge in [-0.25, -0.2) is 0 Å². The summed E-state index contributed by atoms with van der Waals surface area (Å²) in [4.78, 5) is 18.9. The number of aromatic nitrogens is 3. The van der Waals surface area contributed by atoms with Crippen molar-refractivity contribution < 1.29 is 4.79 Å². The summed E-state index contributed by atoms with van der Waals surface area (Å²) in [5.41, 5.74) is 1.77. The molecule has 0 unspecified atom stereocenters. The Hall–Kier alpha value is -2.17. The summed E-state index contributed by atoms with van der Waals surface area (Å²) < 4.78 is 1.64. The van der Waals surface area contributed by atoms with Crippen molar-refractivity contribution in [2.75, 3.05) is 13.1 Å². The highest BCUT2D eigenvalue weighted by Gasteiger charge is 2.26. The topological polar surface area (TPSA) is 51.0 Å². The molecule has 1 amide bonds. The zero-order chi connectivity index (χ0) is 14.7. The number of rotatable bonds is 3. The van der Waals surface area contributed by atoms with Crippen molar-refractivity contribution in [3.05, 3.63) is 48.0 Å². The molecule has 21 heavy (non-hydrogen) atoms. The summed E-state index contributed by atoms with van der Waals surface area (Å²) in [6.45, 7) is 1.64. The minimum absolute atomic E-state index is 0.0840. The van der Waals surface area contributed by atoms with Crippen molar-refractivity contribution in [3.63, 3.8) is 0 Å². The quantitative estimate of drug-likeness (QED) is 0.865. The van der Waals surface area contributed by atoms with Crippen LogP contribution >= 0.6 is 0 Å². The Kier molecular flexibility index (Phi) is 3.99. The third-order valence-corrected chi connectivity index (χ3v) is 4.07. The molecule has 0 saturated carbocycles. The number of hydrogen-bond donors (Lipinski definition) is 0. The monoisotopic (exact) mass is 284 g/mol. The molecule has 3 heterocycles. The highest BCUT2D eigenvalue weighted by atomic mass is 16.2. The van der Waals surface area contributed by atoms with Gasteiger partial charge in [-0.3, -0.25) is 14.5 Å². The molecule has 0 N–H and O–H groups in total. The van der Waals surface area contributed by atoms with Gasteiger partial charge < -0.3 is 4.90 Å². The molecule has 1 fully saturated rings. The zero-order valence-electron chi connectivity index (χ0n) is 12.3. The predicted molar refractivity (Wildman–Crippen MR) is 79.8 cm³/mol. The van der Waals surface area contributed by atoms with E-state index in [1.807, 2.05) is 30.3 Å². The van der Waals surface area contributed by atoms with E-state index in [0.29, 0.717) is 11.6 Å². The third kappa shape index (κ3) is 3.12. The number of carbonyl (C=O) groups excluding carboxylic acids is 1. The molecule has 5 nitrogen and oxygen atoms in total. The molecule has 3 rings (SSSR count). The van der Waals surface area contributed by atoms with E-state index in [1.165, 1.54) is 0 Å². The number of nitrogens with zero attached hydrogens (tertiary/aromatic N) is 4. The lowest BCUT2D eigenvalue weighted by Gasteiger charge is -2.32. The van der Waals surface area contributed by atoms with Gasteiger partial charge in [0.05, 0.1) is 0 Å². The van der Waals surface area contributed by atoms with Crippen LogP contribution in [0.1, 0.15) is 29.0 Å². The predicted octanol–water partition coefficient (Wildman–Crippen LogP) is 1.91. The molecule has 1 saturated heterocycles. The van der Waals surface area contributed by atoms with Gasteiger partial charge in [0.1, 0.15) is 5.69 Å². The summed E-state index contributed by atoms with van der Waals surface area (Å²) >= 11 is 0. The average molecular weight is 284 g/mol. The van der Waals surface area contributed by atoms with Gasteiger partial charge in [0.25, 0.3) is 5.91 Å². The molecule has 110 valence electrons. The summed E-state index contributed by atoms with van der Waals surface area (Å²) in [6, 6.07) is 7.79. The van der Waals surface area contributed by atoms with E-state index in [-0.39, 0.29) is 5.91 Å². The largest absolute Gasteiger partial charge is 0.337 e. The lowest BCUT2D eigenvalue weighted by molar-refractivity contribution is 0.0661. The van der Waals surface area contributed by atoms with E-state index in [2.05, 4.69) is 16.1 Å². The molecular weight excluding hydrogens is 264 g/mol. The van der Waals surface area contributed by atoms with Crippen LogP contribution in [0.25, 0.3) is 0 Å². The Balaban J connectivity index is 1.66. The number of pyridine rings is 1. The van der Waals surface area contributed by atoms with Crippen molar-refractivity contribution in [1.29, 1.82) is 0 Å². The van der Waals surface area contributed by atoms with Gasteiger partial charge in [-0.2, -0.15) is 5.10 Å². The van der Waals surface area contributed by atoms with Crippen LogP contribution < -0.4 is 0 Å². The first-order chi connectivity index (χ1) is 10.2. The molecule has 0 radical (unpaired) electrons. The number of hydrogen-bond acceptors (Lipinski definition) is 3. The first-order valence-corrected chi connectivity index (χ1v) is 7.41.